The molecule has 1 aliphatic heterocycles. The molecule has 284 valence electrons. The van der Waals surface area contributed by atoms with Crippen LogP contribution in [0.3, 0.4) is 0 Å². The zero-order valence-electron chi connectivity index (χ0n) is 30.3. The number of ether oxygens (including phenoxy) is 1. The number of halogens is 1. The molecule has 1 saturated heterocycles. The molecule has 4 amide bonds. The number of rotatable bonds is 14. The number of aliphatic carboxylic acids is 1. The van der Waals surface area contributed by atoms with Crippen molar-refractivity contribution in [2.75, 3.05) is 18.1 Å². The van der Waals surface area contributed by atoms with Crippen LogP contribution in [-0.4, -0.2) is 63.8 Å². The Labute approximate surface area is 324 Å². The van der Waals surface area contributed by atoms with E-state index in [2.05, 4.69) is 15.6 Å². The van der Waals surface area contributed by atoms with Gasteiger partial charge in [0, 0.05) is 43.0 Å². The van der Waals surface area contributed by atoms with Gasteiger partial charge in [-0.25, -0.2) is 4.79 Å². The maximum absolute atomic E-state index is 14.6. The standard InChI is InChI=1S/C42H42ClN5O7/c1-28(49)45-23-21-42(19-5-6-20-42)41(54)46-35(40(52)53)24-29-11-17-33(18-12-29)47-38(31-13-15-32(43)16-14-31)48(37(50)27-55-34-9-3-2-4-10-34)36(39(47)51)25-30-8-7-22-44-26-30/h2-4,7-18,22,24,26,36,38H,5-6,19-21,23,25,27H2,1H3,(H,45,49)(H,46,54)(H,52,53). The summed E-state index contributed by atoms with van der Waals surface area (Å²) in [5.74, 6) is -2.13. The van der Waals surface area contributed by atoms with Gasteiger partial charge in [-0.15, -0.1) is 0 Å². The summed E-state index contributed by atoms with van der Waals surface area (Å²) < 4.78 is 5.87. The van der Waals surface area contributed by atoms with Crippen LogP contribution in [0.1, 0.15) is 61.9 Å². The predicted octanol–water partition coefficient (Wildman–Crippen LogP) is 5.93. The Balaban J connectivity index is 1.31. The Kier molecular flexibility index (Phi) is 12.3. The minimum atomic E-state index is -1.31. The molecular weight excluding hydrogens is 722 g/mol. The summed E-state index contributed by atoms with van der Waals surface area (Å²) in [7, 11) is 0. The normalized spacial score (nSPS) is 17.9. The van der Waals surface area contributed by atoms with E-state index in [9.17, 15) is 29.1 Å². The van der Waals surface area contributed by atoms with Gasteiger partial charge < -0.3 is 25.4 Å². The average molecular weight is 764 g/mol. The second-order valence-electron chi connectivity index (χ2n) is 13.7. The molecule has 1 aromatic heterocycles. The van der Waals surface area contributed by atoms with Crippen molar-refractivity contribution in [1.29, 1.82) is 0 Å². The van der Waals surface area contributed by atoms with Gasteiger partial charge in [0.2, 0.25) is 11.8 Å². The maximum Gasteiger partial charge on any atom is 0.352 e. The van der Waals surface area contributed by atoms with Crippen molar-refractivity contribution < 1.29 is 33.8 Å². The summed E-state index contributed by atoms with van der Waals surface area (Å²) >= 11 is 6.27. The molecule has 6 rings (SSSR count). The SMILES string of the molecule is CC(=O)NCCC1(C(=O)NC(=Cc2ccc(N3C(=O)C(Cc4cccnc4)N(C(=O)COc4ccccc4)C3c3ccc(Cl)cc3)cc2)C(=O)O)CCCC1. The van der Waals surface area contributed by atoms with Gasteiger partial charge in [-0.3, -0.25) is 29.1 Å². The van der Waals surface area contributed by atoms with Crippen LogP contribution in [0.4, 0.5) is 5.69 Å². The van der Waals surface area contributed by atoms with Crippen LogP contribution in [0.25, 0.3) is 6.08 Å². The first kappa shape index (κ1) is 38.7. The average Bonchev–Trinajstić information content (AvgIpc) is 3.78. The molecule has 2 unspecified atom stereocenters. The molecule has 13 heteroatoms. The zero-order chi connectivity index (χ0) is 39.0. The van der Waals surface area contributed by atoms with E-state index in [1.165, 1.54) is 17.9 Å². The fourth-order valence-corrected chi connectivity index (χ4v) is 7.43. The van der Waals surface area contributed by atoms with Crippen molar-refractivity contribution >= 4 is 53.0 Å². The van der Waals surface area contributed by atoms with E-state index in [0.717, 1.165) is 18.4 Å². The van der Waals surface area contributed by atoms with Crippen LogP contribution in [0, 0.1) is 5.41 Å². The molecular formula is C42H42ClN5O7. The van der Waals surface area contributed by atoms with Gasteiger partial charge >= 0.3 is 5.97 Å². The van der Waals surface area contributed by atoms with Crippen LogP contribution in [0.15, 0.2) is 109 Å². The number of carboxylic acid groups (broad SMARTS) is 1. The number of benzene rings is 3. The summed E-state index contributed by atoms with van der Waals surface area (Å²) in [6.45, 7) is 1.41. The molecule has 4 aromatic rings. The lowest BCUT2D eigenvalue weighted by atomic mass is 9.81. The van der Waals surface area contributed by atoms with E-state index in [-0.39, 0.29) is 30.5 Å². The van der Waals surface area contributed by atoms with Crippen LogP contribution in [-0.2, 0) is 30.4 Å². The van der Waals surface area contributed by atoms with Crippen molar-refractivity contribution in [3.63, 3.8) is 0 Å². The highest BCUT2D eigenvalue weighted by Gasteiger charge is 2.50. The summed E-state index contributed by atoms with van der Waals surface area (Å²) in [6.07, 6.45) is 7.23. The minimum absolute atomic E-state index is 0.194. The third-order valence-electron chi connectivity index (χ3n) is 10.1. The molecule has 3 aromatic carbocycles. The van der Waals surface area contributed by atoms with Crippen LogP contribution in [0.5, 0.6) is 5.75 Å². The van der Waals surface area contributed by atoms with Crippen molar-refractivity contribution in [3.05, 3.63) is 131 Å². The highest BCUT2D eigenvalue weighted by atomic mass is 35.5. The topological polar surface area (TPSA) is 158 Å². The van der Waals surface area contributed by atoms with Crippen molar-refractivity contribution in [1.82, 2.24) is 20.5 Å². The van der Waals surface area contributed by atoms with Gasteiger partial charge in [-0.05, 0) is 84.5 Å². The van der Waals surface area contributed by atoms with Gasteiger partial charge in [-0.2, -0.15) is 0 Å². The molecule has 2 heterocycles. The van der Waals surface area contributed by atoms with E-state index in [4.69, 9.17) is 16.3 Å². The van der Waals surface area contributed by atoms with E-state index < -0.39 is 35.4 Å². The molecule has 0 radical (unpaired) electrons. The van der Waals surface area contributed by atoms with Crippen LogP contribution in [0.2, 0.25) is 5.02 Å². The lowest BCUT2D eigenvalue weighted by molar-refractivity contribution is -0.138. The first-order valence-electron chi connectivity index (χ1n) is 18.1. The second-order valence-corrected chi connectivity index (χ2v) is 14.2. The van der Waals surface area contributed by atoms with Gasteiger partial charge in [0.25, 0.3) is 11.8 Å². The number of amides is 4. The highest BCUT2D eigenvalue weighted by Crippen LogP contribution is 2.42. The second kappa shape index (κ2) is 17.4. The van der Waals surface area contributed by atoms with Crippen molar-refractivity contribution in [2.45, 2.75) is 57.7 Å². The number of carboxylic acids is 1. The number of carbonyl (C=O) groups excluding carboxylic acids is 4. The third kappa shape index (κ3) is 9.21. The number of hydrogen-bond donors (Lipinski definition) is 3. The lowest BCUT2D eigenvalue weighted by Gasteiger charge is -2.32. The highest BCUT2D eigenvalue weighted by molar-refractivity contribution is 6.30. The first-order chi connectivity index (χ1) is 26.5. The summed E-state index contributed by atoms with van der Waals surface area (Å²) in [6, 6.07) is 25.2. The number of aromatic nitrogens is 1. The molecule has 1 saturated carbocycles. The first-order valence-corrected chi connectivity index (χ1v) is 18.5. The number of nitrogens with zero attached hydrogens (tertiary/aromatic N) is 3. The number of hydrogen-bond acceptors (Lipinski definition) is 7. The predicted molar refractivity (Wildman–Crippen MR) is 207 cm³/mol. The number of carbonyl (C=O) groups is 5. The molecule has 55 heavy (non-hydrogen) atoms. The number of para-hydroxylation sites is 1. The monoisotopic (exact) mass is 763 g/mol. The van der Waals surface area contributed by atoms with Crippen molar-refractivity contribution in [3.8, 4) is 5.75 Å². The molecule has 2 atom stereocenters. The quantitative estimate of drug-likeness (QED) is 0.134. The summed E-state index contributed by atoms with van der Waals surface area (Å²) in [4.78, 5) is 73.5. The molecule has 3 N–H and O–H groups in total. The Hall–Kier alpha value is -6.01. The van der Waals surface area contributed by atoms with Gasteiger partial charge in [0.1, 0.15) is 23.7 Å². The van der Waals surface area contributed by atoms with Crippen LogP contribution < -0.4 is 20.3 Å². The Bertz CT molecular complexity index is 2040. The lowest BCUT2D eigenvalue weighted by Crippen LogP contribution is -2.43. The van der Waals surface area contributed by atoms with E-state index in [0.29, 0.717) is 53.4 Å². The largest absolute Gasteiger partial charge is 0.484 e. The van der Waals surface area contributed by atoms with Gasteiger partial charge in [-0.1, -0.05) is 73.0 Å². The van der Waals surface area contributed by atoms with E-state index >= 15 is 0 Å². The molecule has 2 fully saturated rings. The van der Waals surface area contributed by atoms with E-state index in [1.54, 1.807) is 96.2 Å². The zero-order valence-corrected chi connectivity index (χ0v) is 31.1. The fourth-order valence-electron chi connectivity index (χ4n) is 7.31. The summed E-state index contributed by atoms with van der Waals surface area (Å²) in [5.41, 5.74) is 1.24. The van der Waals surface area contributed by atoms with Gasteiger partial charge in [0.05, 0.1) is 5.41 Å². The Morgan fingerprint density at radius 2 is 1.67 bits per heavy atom. The Morgan fingerprint density at radius 1 is 0.964 bits per heavy atom. The number of anilines is 1. The molecule has 0 spiro atoms. The molecule has 2 aliphatic rings. The molecule has 0 bridgehead atoms. The minimum Gasteiger partial charge on any atom is -0.484 e. The van der Waals surface area contributed by atoms with Crippen LogP contribution >= 0.6 is 11.6 Å². The number of pyridine rings is 1. The fraction of sp³-hybridized carbons (Fsp3) is 0.286. The maximum atomic E-state index is 14.6. The molecule has 12 nitrogen and oxygen atoms in total. The van der Waals surface area contributed by atoms with E-state index in [1.807, 2.05) is 12.1 Å². The molecule has 1 aliphatic carbocycles. The smallest absolute Gasteiger partial charge is 0.352 e. The summed E-state index contributed by atoms with van der Waals surface area (Å²) in [5, 5.41) is 16.0. The number of nitrogens with one attached hydrogen (secondary N) is 2. The van der Waals surface area contributed by atoms with Crippen molar-refractivity contribution in [2.24, 2.45) is 5.41 Å². The third-order valence-corrected chi connectivity index (χ3v) is 10.3. The Morgan fingerprint density at radius 3 is 2.31 bits per heavy atom. The van der Waals surface area contributed by atoms with Gasteiger partial charge in [0.15, 0.2) is 6.61 Å².